The van der Waals surface area contributed by atoms with Crippen molar-refractivity contribution in [2.24, 2.45) is 0 Å². The van der Waals surface area contributed by atoms with Crippen LogP contribution in [0.1, 0.15) is 39.2 Å². The van der Waals surface area contributed by atoms with Crippen LogP contribution in [0.4, 0.5) is 0 Å². The van der Waals surface area contributed by atoms with Gasteiger partial charge in [-0.1, -0.05) is 39.3 Å². The molecule has 5 heteroatoms. The zero-order valence-electron chi connectivity index (χ0n) is 13.1. The molecule has 0 aliphatic carbocycles. The van der Waals surface area contributed by atoms with Crippen LogP contribution in [0.25, 0.3) is 0 Å². The summed E-state index contributed by atoms with van der Waals surface area (Å²) in [5.41, 5.74) is 1.07. The molecule has 0 saturated carbocycles. The van der Waals surface area contributed by atoms with E-state index in [2.05, 4.69) is 20.8 Å². The van der Waals surface area contributed by atoms with Crippen LogP contribution >= 0.6 is 0 Å². The Balaban J connectivity index is 2.32. The minimum atomic E-state index is -3.41. The zero-order valence-corrected chi connectivity index (χ0v) is 13.9. The quantitative estimate of drug-likeness (QED) is 0.840. The van der Waals surface area contributed by atoms with Crippen molar-refractivity contribution in [2.45, 2.75) is 43.9 Å². The molecule has 0 amide bonds. The van der Waals surface area contributed by atoms with Gasteiger partial charge in [0.15, 0.2) is 0 Å². The largest absolute Gasteiger partial charge is 0.379 e. The second kappa shape index (κ2) is 6.46. The lowest BCUT2D eigenvalue weighted by Gasteiger charge is -2.28. The van der Waals surface area contributed by atoms with E-state index in [0.717, 1.165) is 18.4 Å². The van der Waals surface area contributed by atoms with Crippen LogP contribution in [0, 0.1) is 0 Å². The zero-order chi connectivity index (χ0) is 15.5. The number of nitrogens with zero attached hydrogens (tertiary/aromatic N) is 1. The van der Waals surface area contributed by atoms with Crippen LogP contribution < -0.4 is 0 Å². The third-order valence-corrected chi connectivity index (χ3v) is 5.99. The van der Waals surface area contributed by atoms with Crippen molar-refractivity contribution in [1.82, 2.24) is 4.31 Å². The van der Waals surface area contributed by atoms with Gasteiger partial charge >= 0.3 is 0 Å². The van der Waals surface area contributed by atoms with Crippen LogP contribution in [-0.4, -0.2) is 39.0 Å². The molecule has 0 aromatic heterocycles. The van der Waals surface area contributed by atoms with Crippen molar-refractivity contribution in [2.75, 3.05) is 26.3 Å². The fourth-order valence-corrected chi connectivity index (χ4v) is 4.24. The molecule has 0 radical (unpaired) electrons. The first-order valence-corrected chi connectivity index (χ1v) is 9.00. The maximum absolute atomic E-state index is 12.7. The van der Waals surface area contributed by atoms with E-state index in [-0.39, 0.29) is 5.41 Å². The van der Waals surface area contributed by atoms with Gasteiger partial charge in [0.05, 0.1) is 18.1 Å². The monoisotopic (exact) mass is 311 g/mol. The van der Waals surface area contributed by atoms with Crippen LogP contribution in [0.2, 0.25) is 0 Å². The molecule has 0 spiro atoms. The van der Waals surface area contributed by atoms with Crippen LogP contribution in [0.3, 0.4) is 0 Å². The first kappa shape index (κ1) is 16.5. The van der Waals surface area contributed by atoms with E-state index in [1.807, 2.05) is 18.2 Å². The van der Waals surface area contributed by atoms with E-state index in [1.54, 1.807) is 6.07 Å². The van der Waals surface area contributed by atoms with Gasteiger partial charge in [-0.25, -0.2) is 8.42 Å². The number of sulfonamides is 1. The average molecular weight is 311 g/mol. The Morgan fingerprint density at radius 1 is 1.24 bits per heavy atom. The minimum Gasteiger partial charge on any atom is -0.379 e. The second-order valence-electron chi connectivity index (χ2n) is 6.18. The lowest BCUT2D eigenvalue weighted by atomic mass is 9.81. The second-order valence-corrected chi connectivity index (χ2v) is 8.12. The van der Waals surface area contributed by atoms with Crippen LogP contribution in [0.5, 0.6) is 0 Å². The number of hydrogen-bond donors (Lipinski definition) is 0. The highest BCUT2D eigenvalue weighted by atomic mass is 32.2. The summed E-state index contributed by atoms with van der Waals surface area (Å²) in [6, 6.07) is 7.39. The first-order valence-electron chi connectivity index (χ1n) is 7.56. The van der Waals surface area contributed by atoms with Crippen molar-refractivity contribution < 1.29 is 13.2 Å². The molecule has 1 heterocycles. The third-order valence-electron chi connectivity index (χ3n) is 4.10. The minimum absolute atomic E-state index is 0.00864. The highest BCUT2D eigenvalue weighted by Gasteiger charge is 2.28. The summed E-state index contributed by atoms with van der Waals surface area (Å²) >= 11 is 0. The van der Waals surface area contributed by atoms with Gasteiger partial charge in [-0.15, -0.1) is 0 Å². The third kappa shape index (κ3) is 3.65. The smallest absolute Gasteiger partial charge is 0.243 e. The predicted octanol–water partition coefficient (Wildman–Crippen LogP) is 2.79. The highest BCUT2D eigenvalue weighted by molar-refractivity contribution is 7.89. The molecule has 1 saturated heterocycles. The van der Waals surface area contributed by atoms with Crippen molar-refractivity contribution in [3.05, 3.63) is 29.8 Å². The van der Waals surface area contributed by atoms with Crippen molar-refractivity contribution >= 4 is 10.0 Å². The van der Waals surface area contributed by atoms with Crippen molar-refractivity contribution in [1.29, 1.82) is 0 Å². The SMILES string of the molecule is CCCC(C)(C)c1cccc(S(=O)(=O)N2CCOCC2)c1. The fourth-order valence-electron chi connectivity index (χ4n) is 2.78. The maximum Gasteiger partial charge on any atom is 0.243 e. The Kier molecular flexibility index (Phi) is 5.07. The standard InChI is InChI=1S/C16H25NO3S/c1-4-8-16(2,3)14-6-5-7-15(13-14)21(18,19)17-9-11-20-12-10-17/h5-7,13H,4,8-12H2,1-3H3. The Morgan fingerprint density at radius 2 is 1.90 bits per heavy atom. The van der Waals surface area contributed by atoms with E-state index in [4.69, 9.17) is 4.74 Å². The lowest BCUT2D eigenvalue weighted by Crippen LogP contribution is -2.40. The summed E-state index contributed by atoms with van der Waals surface area (Å²) in [7, 11) is -3.41. The van der Waals surface area contributed by atoms with Gasteiger partial charge in [-0.05, 0) is 29.5 Å². The van der Waals surface area contributed by atoms with Gasteiger partial charge in [0.25, 0.3) is 0 Å². The number of morpholine rings is 1. The van der Waals surface area contributed by atoms with Gasteiger partial charge in [-0.2, -0.15) is 4.31 Å². The molecule has 1 aliphatic rings. The Labute approximate surface area is 128 Å². The molecule has 0 N–H and O–H groups in total. The molecule has 1 aromatic rings. The van der Waals surface area contributed by atoms with E-state index >= 15 is 0 Å². The molecule has 2 rings (SSSR count). The van der Waals surface area contributed by atoms with Crippen LogP contribution in [0.15, 0.2) is 29.2 Å². The number of hydrogen-bond acceptors (Lipinski definition) is 3. The molecule has 118 valence electrons. The van der Waals surface area contributed by atoms with Gasteiger partial charge in [-0.3, -0.25) is 0 Å². The summed E-state index contributed by atoms with van der Waals surface area (Å²) in [4.78, 5) is 0.395. The summed E-state index contributed by atoms with van der Waals surface area (Å²) < 4.78 is 32.1. The van der Waals surface area contributed by atoms with Crippen molar-refractivity contribution in [3.63, 3.8) is 0 Å². The average Bonchev–Trinajstić information content (AvgIpc) is 2.48. The number of rotatable bonds is 5. The van der Waals surface area contributed by atoms with E-state index in [9.17, 15) is 8.42 Å². The number of ether oxygens (including phenoxy) is 1. The van der Waals surface area contributed by atoms with E-state index in [0.29, 0.717) is 31.2 Å². The van der Waals surface area contributed by atoms with Gasteiger partial charge in [0.2, 0.25) is 10.0 Å². The van der Waals surface area contributed by atoms with Crippen molar-refractivity contribution in [3.8, 4) is 0 Å². The fraction of sp³-hybridized carbons (Fsp3) is 0.625. The molecule has 0 unspecified atom stereocenters. The summed E-state index contributed by atoms with van der Waals surface area (Å²) in [6.07, 6.45) is 2.11. The lowest BCUT2D eigenvalue weighted by molar-refractivity contribution is 0.0730. The summed E-state index contributed by atoms with van der Waals surface area (Å²) in [5.74, 6) is 0. The Bertz CT molecular complexity index is 575. The molecule has 1 fully saturated rings. The Morgan fingerprint density at radius 3 is 2.52 bits per heavy atom. The van der Waals surface area contributed by atoms with Gasteiger partial charge in [0, 0.05) is 13.1 Å². The number of benzene rings is 1. The molecular weight excluding hydrogens is 286 g/mol. The molecule has 1 aliphatic heterocycles. The first-order chi connectivity index (χ1) is 9.88. The highest BCUT2D eigenvalue weighted by Crippen LogP contribution is 2.30. The molecule has 1 aromatic carbocycles. The van der Waals surface area contributed by atoms with E-state index in [1.165, 1.54) is 4.31 Å². The molecule has 0 atom stereocenters. The summed E-state index contributed by atoms with van der Waals surface area (Å²) in [5, 5.41) is 0. The summed E-state index contributed by atoms with van der Waals surface area (Å²) in [6.45, 7) is 8.29. The van der Waals surface area contributed by atoms with Crippen LogP contribution in [-0.2, 0) is 20.2 Å². The molecular formula is C16H25NO3S. The predicted molar refractivity (Wildman–Crippen MR) is 84.0 cm³/mol. The van der Waals surface area contributed by atoms with Gasteiger partial charge < -0.3 is 4.74 Å². The topological polar surface area (TPSA) is 46.6 Å². The van der Waals surface area contributed by atoms with Gasteiger partial charge in [0.1, 0.15) is 0 Å². The molecule has 0 bridgehead atoms. The normalized spacial score (nSPS) is 17.9. The molecule has 4 nitrogen and oxygen atoms in total. The molecule has 21 heavy (non-hydrogen) atoms. The van der Waals surface area contributed by atoms with E-state index < -0.39 is 10.0 Å². The maximum atomic E-state index is 12.7. The Hall–Kier alpha value is -0.910.